The lowest BCUT2D eigenvalue weighted by Crippen LogP contribution is -2.39. The smallest absolute Gasteiger partial charge is 0.240 e. The van der Waals surface area contributed by atoms with Crippen molar-refractivity contribution < 1.29 is 22.3 Å². The molecule has 2 aromatic rings. The van der Waals surface area contributed by atoms with Gasteiger partial charge in [0.2, 0.25) is 10.0 Å². The molecule has 0 saturated carbocycles. The average Bonchev–Trinajstić information content (AvgIpc) is 2.74. The van der Waals surface area contributed by atoms with Gasteiger partial charge in [-0.25, -0.2) is 17.5 Å². The van der Waals surface area contributed by atoms with E-state index in [2.05, 4.69) is 21.8 Å². The molecule has 158 valence electrons. The number of morpholine rings is 1. The van der Waals surface area contributed by atoms with Gasteiger partial charge in [0.1, 0.15) is 0 Å². The van der Waals surface area contributed by atoms with Gasteiger partial charge in [0.15, 0.2) is 11.6 Å². The van der Waals surface area contributed by atoms with Crippen molar-refractivity contribution in [3.05, 3.63) is 59.9 Å². The van der Waals surface area contributed by atoms with Crippen LogP contribution in [0.2, 0.25) is 0 Å². The van der Waals surface area contributed by atoms with E-state index >= 15 is 0 Å². The fourth-order valence-electron chi connectivity index (χ4n) is 3.34. The molecule has 1 aliphatic heterocycles. The number of hydrogen-bond acceptors (Lipinski definition) is 5. The van der Waals surface area contributed by atoms with Crippen LogP contribution in [0, 0.1) is 5.82 Å². The predicted octanol–water partition coefficient (Wildman–Crippen LogP) is 2.97. The van der Waals surface area contributed by atoms with E-state index in [4.69, 9.17) is 9.47 Å². The van der Waals surface area contributed by atoms with Crippen molar-refractivity contribution in [1.29, 1.82) is 0 Å². The normalized spacial score (nSPS) is 17.9. The van der Waals surface area contributed by atoms with Crippen LogP contribution in [0.15, 0.2) is 53.4 Å². The summed E-state index contributed by atoms with van der Waals surface area (Å²) < 4.78 is 51.6. The second-order valence-corrected chi connectivity index (χ2v) is 8.74. The molecule has 2 aromatic carbocycles. The Morgan fingerprint density at radius 2 is 2.00 bits per heavy atom. The lowest BCUT2D eigenvalue weighted by molar-refractivity contribution is -0.0303. The van der Waals surface area contributed by atoms with Gasteiger partial charge in [0, 0.05) is 19.6 Å². The third kappa shape index (κ3) is 5.99. The van der Waals surface area contributed by atoms with Crippen molar-refractivity contribution in [3.8, 4) is 5.75 Å². The number of nitrogens with one attached hydrogen (secondary N) is 1. The van der Waals surface area contributed by atoms with Gasteiger partial charge in [0.25, 0.3) is 0 Å². The van der Waals surface area contributed by atoms with E-state index in [9.17, 15) is 12.8 Å². The van der Waals surface area contributed by atoms with Crippen LogP contribution in [0.3, 0.4) is 0 Å². The van der Waals surface area contributed by atoms with E-state index in [-0.39, 0.29) is 16.7 Å². The maximum Gasteiger partial charge on any atom is 0.240 e. The number of nitrogens with zero attached hydrogens (tertiary/aromatic N) is 1. The summed E-state index contributed by atoms with van der Waals surface area (Å²) in [6.45, 7) is 3.59. The van der Waals surface area contributed by atoms with Crippen molar-refractivity contribution in [3.63, 3.8) is 0 Å². The third-order valence-electron chi connectivity index (χ3n) is 4.95. The zero-order valence-corrected chi connectivity index (χ0v) is 17.3. The number of hydrogen-bond donors (Lipinski definition) is 1. The Morgan fingerprint density at radius 3 is 2.72 bits per heavy atom. The highest BCUT2D eigenvalue weighted by molar-refractivity contribution is 7.89. The van der Waals surface area contributed by atoms with Crippen LogP contribution in [0.5, 0.6) is 5.75 Å². The van der Waals surface area contributed by atoms with E-state index in [1.807, 2.05) is 18.2 Å². The summed E-state index contributed by atoms with van der Waals surface area (Å²) in [5, 5.41) is 0. The number of unbranched alkanes of at least 4 members (excludes halogenated alkanes) is 1. The molecule has 0 amide bonds. The predicted molar refractivity (Wildman–Crippen MR) is 109 cm³/mol. The Hall–Kier alpha value is -2.00. The van der Waals surface area contributed by atoms with Crippen LogP contribution >= 0.6 is 0 Å². The van der Waals surface area contributed by atoms with E-state index < -0.39 is 15.8 Å². The van der Waals surface area contributed by atoms with E-state index in [1.54, 1.807) is 0 Å². The third-order valence-corrected chi connectivity index (χ3v) is 6.41. The highest BCUT2D eigenvalue weighted by Crippen LogP contribution is 2.22. The summed E-state index contributed by atoms with van der Waals surface area (Å²) in [6, 6.07) is 13.8. The van der Waals surface area contributed by atoms with Gasteiger partial charge in [-0.2, -0.15) is 0 Å². The summed E-state index contributed by atoms with van der Waals surface area (Å²) in [6.07, 6.45) is 1.64. The minimum atomic E-state index is -3.74. The second kappa shape index (κ2) is 10.2. The molecule has 1 heterocycles. The van der Waals surface area contributed by atoms with E-state index in [0.717, 1.165) is 32.1 Å². The molecule has 1 saturated heterocycles. The topological polar surface area (TPSA) is 67.9 Å². The lowest BCUT2D eigenvalue weighted by Gasteiger charge is -2.33. The molecule has 0 spiro atoms. The maximum atomic E-state index is 13.8. The average molecular weight is 423 g/mol. The minimum absolute atomic E-state index is 0.0169. The van der Waals surface area contributed by atoms with Crippen LogP contribution < -0.4 is 9.46 Å². The number of methoxy groups -OCH3 is 1. The molecule has 0 bridgehead atoms. The van der Waals surface area contributed by atoms with Crippen molar-refractivity contribution >= 4 is 10.0 Å². The summed E-state index contributed by atoms with van der Waals surface area (Å²) in [5.41, 5.74) is 1.18. The van der Waals surface area contributed by atoms with Gasteiger partial charge in [-0.3, -0.25) is 4.90 Å². The van der Waals surface area contributed by atoms with Gasteiger partial charge in [-0.1, -0.05) is 30.3 Å². The van der Waals surface area contributed by atoms with Gasteiger partial charge in [-0.05, 0) is 43.1 Å². The molecule has 1 atom stereocenters. The monoisotopic (exact) mass is 422 g/mol. The van der Waals surface area contributed by atoms with Crippen LogP contribution in [0.4, 0.5) is 4.39 Å². The molecule has 3 rings (SSSR count). The summed E-state index contributed by atoms with van der Waals surface area (Å²) >= 11 is 0. The summed E-state index contributed by atoms with van der Waals surface area (Å²) in [7, 11) is -2.40. The van der Waals surface area contributed by atoms with Gasteiger partial charge in [-0.15, -0.1) is 0 Å². The van der Waals surface area contributed by atoms with Gasteiger partial charge < -0.3 is 9.47 Å². The molecule has 8 heteroatoms. The van der Waals surface area contributed by atoms with Crippen molar-refractivity contribution in [2.24, 2.45) is 0 Å². The largest absolute Gasteiger partial charge is 0.494 e. The van der Waals surface area contributed by atoms with E-state index in [0.29, 0.717) is 19.6 Å². The molecule has 29 heavy (non-hydrogen) atoms. The fourth-order valence-corrected chi connectivity index (χ4v) is 4.43. The number of rotatable bonds is 9. The molecule has 1 aliphatic rings. The summed E-state index contributed by atoms with van der Waals surface area (Å²) in [5.74, 6) is -0.682. The Kier molecular flexibility index (Phi) is 7.60. The first-order valence-corrected chi connectivity index (χ1v) is 11.2. The van der Waals surface area contributed by atoms with Crippen LogP contribution in [-0.2, 0) is 14.8 Å². The standard InChI is InChI=1S/C21H27FN2O4S/c1-27-20-10-9-18(15-19(20)22)29(25,26)23-11-5-6-12-24-13-14-28-21(16-24)17-7-3-2-4-8-17/h2-4,7-10,15,21,23H,5-6,11-14,16H2,1H3/t21-/m1/s1. The van der Waals surface area contributed by atoms with Gasteiger partial charge >= 0.3 is 0 Å². The lowest BCUT2D eigenvalue weighted by atomic mass is 10.1. The van der Waals surface area contributed by atoms with Crippen molar-refractivity contribution in [2.75, 3.05) is 39.9 Å². The molecule has 0 radical (unpaired) electrons. The van der Waals surface area contributed by atoms with Crippen molar-refractivity contribution in [2.45, 2.75) is 23.8 Å². The number of halogens is 1. The highest BCUT2D eigenvalue weighted by atomic mass is 32.2. The van der Waals surface area contributed by atoms with Gasteiger partial charge in [0.05, 0.1) is 24.7 Å². The minimum Gasteiger partial charge on any atom is -0.494 e. The Balaban J connectivity index is 1.42. The molecule has 6 nitrogen and oxygen atoms in total. The molecular weight excluding hydrogens is 395 g/mol. The quantitative estimate of drug-likeness (QED) is 0.630. The van der Waals surface area contributed by atoms with Crippen LogP contribution in [-0.4, -0.2) is 53.2 Å². The van der Waals surface area contributed by atoms with E-state index in [1.165, 1.54) is 24.8 Å². The Bertz CT molecular complexity index is 893. The molecule has 0 aromatic heterocycles. The molecule has 0 aliphatic carbocycles. The zero-order chi connectivity index (χ0) is 20.7. The first-order valence-electron chi connectivity index (χ1n) is 9.72. The first-order chi connectivity index (χ1) is 14.0. The molecule has 1 fully saturated rings. The summed E-state index contributed by atoms with van der Waals surface area (Å²) in [4.78, 5) is 2.24. The Morgan fingerprint density at radius 1 is 1.21 bits per heavy atom. The highest BCUT2D eigenvalue weighted by Gasteiger charge is 2.21. The molecule has 1 N–H and O–H groups in total. The fraction of sp³-hybridized carbons (Fsp3) is 0.429. The number of benzene rings is 2. The molecule has 0 unspecified atom stereocenters. The number of sulfonamides is 1. The zero-order valence-electron chi connectivity index (χ0n) is 16.5. The maximum absolute atomic E-state index is 13.8. The van der Waals surface area contributed by atoms with Crippen LogP contribution in [0.1, 0.15) is 24.5 Å². The Labute approximate surface area is 171 Å². The first kappa shape index (κ1) is 21.7. The second-order valence-electron chi connectivity index (χ2n) is 6.97. The van der Waals surface area contributed by atoms with Crippen molar-refractivity contribution in [1.82, 2.24) is 9.62 Å². The van der Waals surface area contributed by atoms with Crippen LogP contribution in [0.25, 0.3) is 0 Å². The number of ether oxygens (including phenoxy) is 2. The SMILES string of the molecule is COc1ccc(S(=O)(=O)NCCCCN2CCO[C@@H](c3ccccc3)C2)cc1F. The molecular formula is C21H27FN2O4S.